The predicted octanol–water partition coefficient (Wildman–Crippen LogP) is 7.16. The molecule has 4 aromatic rings. The van der Waals surface area contributed by atoms with Gasteiger partial charge in [-0.25, -0.2) is 13.5 Å². The molecule has 1 heterocycles. The number of halogens is 3. The third-order valence-corrected chi connectivity index (χ3v) is 6.00. The normalized spacial score (nSPS) is 12.5. The number of aromatic nitrogens is 2. The summed E-state index contributed by atoms with van der Waals surface area (Å²) in [6, 6.07) is 19.8. The molecule has 1 amide bonds. The van der Waals surface area contributed by atoms with Crippen LogP contribution in [0.5, 0.6) is 0 Å². The molecule has 4 nitrogen and oxygen atoms in total. The maximum atomic E-state index is 14.8. The number of benzene rings is 3. The molecule has 7 heteroatoms. The van der Waals surface area contributed by atoms with Crippen LogP contribution >= 0.6 is 11.6 Å². The topological polar surface area (TPSA) is 46.9 Å². The number of carbonyl (C=O) groups excluding carboxylic acids is 1. The first kappa shape index (κ1) is 24.4. The van der Waals surface area contributed by atoms with Gasteiger partial charge in [-0.05, 0) is 67.8 Å². The van der Waals surface area contributed by atoms with Crippen LogP contribution in [0.4, 0.5) is 8.78 Å². The van der Waals surface area contributed by atoms with Crippen molar-refractivity contribution >= 4 is 29.2 Å². The van der Waals surface area contributed by atoms with Crippen LogP contribution in [0.2, 0.25) is 5.02 Å². The Hall–Kier alpha value is -3.77. The number of allylic oxidation sites excluding steroid dienone is 1. The van der Waals surface area contributed by atoms with Crippen LogP contribution in [-0.4, -0.2) is 15.7 Å². The van der Waals surface area contributed by atoms with E-state index in [9.17, 15) is 13.6 Å². The molecule has 4 rings (SSSR count). The fourth-order valence-electron chi connectivity index (χ4n) is 3.97. The van der Waals surface area contributed by atoms with Crippen LogP contribution in [0.15, 0.2) is 72.8 Å². The number of hydrogen-bond donors (Lipinski definition) is 1. The van der Waals surface area contributed by atoms with Crippen molar-refractivity contribution in [3.05, 3.63) is 118 Å². The van der Waals surface area contributed by atoms with Gasteiger partial charge in [0.1, 0.15) is 11.5 Å². The molecule has 1 atom stereocenters. The molecule has 0 radical (unpaired) electrons. The molecule has 0 aliphatic rings. The lowest BCUT2D eigenvalue weighted by atomic mass is 10.0. The van der Waals surface area contributed by atoms with E-state index < -0.39 is 11.6 Å². The minimum absolute atomic E-state index is 0.0449. The van der Waals surface area contributed by atoms with Crippen LogP contribution in [-0.2, 0) is 0 Å². The molecule has 35 heavy (non-hydrogen) atoms. The van der Waals surface area contributed by atoms with E-state index in [1.54, 1.807) is 19.1 Å². The number of rotatable bonds is 6. The van der Waals surface area contributed by atoms with E-state index in [0.717, 1.165) is 28.8 Å². The summed E-state index contributed by atoms with van der Waals surface area (Å²) in [6.45, 7) is 5.50. The number of nitrogens with one attached hydrogen (secondary N) is 1. The van der Waals surface area contributed by atoms with E-state index in [4.69, 9.17) is 11.6 Å². The summed E-state index contributed by atoms with van der Waals surface area (Å²) in [7, 11) is 0. The highest BCUT2D eigenvalue weighted by Gasteiger charge is 2.24. The maximum absolute atomic E-state index is 14.8. The van der Waals surface area contributed by atoms with Gasteiger partial charge in [-0.3, -0.25) is 4.79 Å². The summed E-state index contributed by atoms with van der Waals surface area (Å²) in [4.78, 5) is 13.2. The van der Waals surface area contributed by atoms with Crippen LogP contribution in [0, 0.1) is 18.6 Å². The van der Waals surface area contributed by atoms with Gasteiger partial charge in [0.25, 0.3) is 5.91 Å². The SMILES string of the molecule is CC(=Cc1ccc(Cl)cc1)c1c(C)c(C(=O)N[C@@H](C)c2ccccc2)nn1-c1ccc(F)cc1F. The van der Waals surface area contributed by atoms with Gasteiger partial charge in [-0.15, -0.1) is 0 Å². The Kier molecular flexibility index (Phi) is 7.12. The maximum Gasteiger partial charge on any atom is 0.272 e. The largest absolute Gasteiger partial charge is 0.344 e. The molecule has 178 valence electrons. The smallest absolute Gasteiger partial charge is 0.272 e. The average molecular weight is 492 g/mol. The summed E-state index contributed by atoms with van der Waals surface area (Å²) in [6.07, 6.45) is 1.90. The Labute approximate surface area is 207 Å². The summed E-state index contributed by atoms with van der Waals surface area (Å²) in [5, 5.41) is 8.05. The molecule has 0 spiro atoms. The second-order valence-corrected chi connectivity index (χ2v) is 8.75. The van der Waals surface area contributed by atoms with Crippen molar-refractivity contribution in [3.63, 3.8) is 0 Å². The zero-order valence-corrected chi connectivity index (χ0v) is 20.3. The average Bonchev–Trinajstić information content (AvgIpc) is 3.18. The van der Waals surface area contributed by atoms with Crippen LogP contribution in [0.25, 0.3) is 17.3 Å². The summed E-state index contributed by atoms with van der Waals surface area (Å²) < 4.78 is 29.7. The van der Waals surface area contributed by atoms with Crippen molar-refractivity contribution in [1.82, 2.24) is 15.1 Å². The Morgan fingerprint density at radius 3 is 2.40 bits per heavy atom. The number of carbonyl (C=O) groups is 1. The van der Waals surface area contributed by atoms with E-state index in [1.807, 2.05) is 62.4 Å². The molecular formula is C28H24ClF2N3O. The lowest BCUT2D eigenvalue weighted by molar-refractivity contribution is 0.0933. The number of nitrogens with zero attached hydrogens (tertiary/aromatic N) is 2. The summed E-state index contributed by atoms with van der Waals surface area (Å²) >= 11 is 6.00. The Morgan fingerprint density at radius 2 is 1.74 bits per heavy atom. The van der Waals surface area contributed by atoms with E-state index in [-0.39, 0.29) is 23.3 Å². The Bertz CT molecular complexity index is 1400. The van der Waals surface area contributed by atoms with Gasteiger partial charge in [-0.1, -0.05) is 54.1 Å². The Morgan fingerprint density at radius 1 is 1.06 bits per heavy atom. The minimum Gasteiger partial charge on any atom is -0.344 e. The monoisotopic (exact) mass is 491 g/mol. The van der Waals surface area contributed by atoms with E-state index in [2.05, 4.69) is 10.4 Å². The quantitative estimate of drug-likeness (QED) is 0.311. The van der Waals surface area contributed by atoms with E-state index in [0.29, 0.717) is 16.3 Å². The highest BCUT2D eigenvalue weighted by atomic mass is 35.5. The first-order valence-electron chi connectivity index (χ1n) is 11.1. The second-order valence-electron chi connectivity index (χ2n) is 8.31. The molecule has 0 aliphatic carbocycles. The standard InChI is InChI=1S/C28H24ClF2N3O/c1-17(15-20-9-11-22(29)12-10-20)27-18(2)26(28(35)32-19(3)21-7-5-4-6-8-21)33-34(27)25-14-13-23(30)16-24(25)31/h4-16,19H,1-3H3,(H,32,35)/t19-/m0/s1. The third-order valence-electron chi connectivity index (χ3n) is 5.75. The second kappa shape index (κ2) is 10.2. The molecular weight excluding hydrogens is 468 g/mol. The van der Waals surface area contributed by atoms with Gasteiger partial charge in [0.2, 0.25) is 0 Å². The van der Waals surface area contributed by atoms with Gasteiger partial charge >= 0.3 is 0 Å². The van der Waals surface area contributed by atoms with Gasteiger partial charge in [0, 0.05) is 16.7 Å². The molecule has 0 saturated heterocycles. The van der Waals surface area contributed by atoms with Crippen LogP contribution in [0.3, 0.4) is 0 Å². The van der Waals surface area contributed by atoms with Crippen molar-refractivity contribution in [2.24, 2.45) is 0 Å². The molecule has 0 unspecified atom stereocenters. The fraction of sp³-hybridized carbons (Fsp3) is 0.143. The molecule has 0 bridgehead atoms. The highest BCUT2D eigenvalue weighted by molar-refractivity contribution is 6.30. The lowest BCUT2D eigenvalue weighted by Crippen LogP contribution is -2.27. The highest BCUT2D eigenvalue weighted by Crippen LogP contribution is 2.29. The number of hydrogen-bond acceptors (Lipinski definition) is 2. The van der Waals surface area contributed by atoms with E-state index >= 15 is 0 Å². The van der Waals surface area contributed by atoms with E-state index in [1.165, 1.54) is 10.7 Å². The Balaban J connectivity index is 1.79. The summed E-state index contributed by atoms with van der Waals surface area (Å²) in [5.41, 5.74) is 3.90. The van der Waals surface area contributed by atoms with Gasteiger partial charge in [-0.2, -0.15) is 5.10 Å². The lowest BCUT2D eigenvalue weighted by Gasteiger charge is -2.13. The first-order valence-corrected chi connectivity index (χ1v) is 11.5. The molecule has 3 aromatic carbocycles. The molecule has 1 N–H and O–H groups in total. The van der Waals surface area contributed by atoms with Crippen molar-refractivity contribution in [3.8, 4) is 5.69 Å². The first-order chi connectivity index (χ1) is 16.7. The third kappa shape index (κ3) is 5.33. The van der Waals surface area contributed by atoms with Crippen LogP contribution in [0.1, 0.15) is 52.8 Å². The van der Waals surface area contributed by atoms with Gasteiger partial charge in [0.15, 0.2) is 11.5 Å². The predicted molar refractivity (Wildman–Crippen MR) is 136 cm³/mol. The van der Waals surface area contributed by atoms with Crippen molar-refractivity contribution in [2.75, 3.05) is 0 Å². The van der Waals surface area contributed by atoms with Crippen molar-refractivity contribution < 1.29 is 13.6 Å². The molecule has 1 aromatic heterocycles. The molecule has 0 saturated carbocycles. The molecule has 0 aliphatic heterocycles. The van der Waals surface area contributed by atoms with Gasteiger partial charge < -0.3 is 5.32 Å². The minimum atomic E-state index is -0.780. The van der Waals surface area contributed by atoms with Crippen molar-refractivity contribution in [1.29, 1.82) is 0 Å². The fourth-order valence-corrected chi connectivity index (χ4v) is 4.10. The zero-order chi connectivity index (χ0) is 25.1. The van der Waals surface area contributed by atoms with Gasteiger partial charge in [0.05, 0.1) is 11.7 Å². The van der Waals surface area contributed by atoms with Crippen molar-refractivity contribution in [2.45, 2.75) is 26.8 Å². The van der Waals surface area contributed by atoms with Crippen LogP contribution < -0.4 is 5.32 Å². The summed E-state index contributed by atoms with van der Waals surface area (Å²) in [5.74, 6) is -1.86. The molecule has 0 fully saturated rings. The number of amides is 1. The zero-order valence-electron chi connectivity index (χ0n) is 19.5.